The third-order valence-electron chi connectivity index (χ3n) is 13.2. The van der Waals surface area contributed by atoms with Crippen molar-refractivity contribution in [3.8, 4) is 0 Å². The molecule has 16 nitrogen and oxygen atoms in total. The molecule has 4 aliphatic heterocycles. The van der Waals surface area contributed by atoms with E-state index in [9.17, 15) is 28.8 Å². The monoisotopic (exact) mass is 904 g/mol. The first-order valence-corrected chi connectivity index (χ1v) is 23.2. The number of amides is 5. The quantitative estimate of drug-likeness (QED) is 0.158. The molecule has 2 aromatic carbocycles. The van der Waals surface area contributed by atoms with Crippen molar-refractivity contribution in [2.75, 3.05) is 78.4 Å². The highest BCUT2D eigenvalue weighted by Gasteiger charge is 2.35. The molecule has 0 unspecified atom stereocenters. The van der Waals surface area contributed by atoms with Crippen molar-refractivity contribution in [1.82, 2.24) is 29.1 Å². The minimum atomic E-state index is -1.00. The van der Waals surface area contributed by atoms with Gasteiger partial charge in [0.15, 0.2) is 11.7 Å². The van der Waals surface area contributed by atoms with Crippen LogP contribution in [0.2, 0.25) is 0 Å². The molecule has 3 fully saturated rings. The molecular weight excluding hydrogens is 831 g/mol. The Morgan fingerprint density at radius 3 is 2.14 bits per heavy atom. The Morgan fingerprint density at radius 2 is 1.48 bits per heavy atom. The van der Waals surface area contributed by atoms with E-state index in [-0.39, 0.29) is 56.5 Å². The number of rotatable bonds is 12. The van der Waals surface area contributed by atoms with Gasteiger partial charge >= 0.3 is 23.8 Å². The number of ether oxygens (including phenoxy) is 2. The third-order valence-corrected chi connectivity index (χ3v) is 13.2. The normalized spacial score (nSPS) is 17.9. The fourth-order valence-electron chi connectivity index (χ4n) is 9.08. The number of piperidine rings is 3. The van der Waals surface area contributed by atoms with Gasteiger partial charge < -0.3 is 43.7 Å². The number of likely N-dealkylation sites (tertiary alicyclic amines) is 3. The van der Waals surface area contributed by atoms with Gasteiger partial charge in [0.05, 0.1) is 18.5 Å². The molecule has 3 aromatic rings. The van der Waals surface area contributed by atoms with E-state index < -0.39 is 18.0 Å². The number of urea groups is 1. The first kappa shape index (κ1) is 50.6. The molecular formula is C49H73N7O9. The number of carbonyl (C=O) groups is 5. The van der Waals surface area contributed by atoms with Crippen LogP contribution in [-0.2, 0) is 43.7 Å². The minimum Gasteiger partial charge on any atom is -0.466 e. The van der Waals surface area contributed by atoms with Gasteiger partial charge in [-0.05, 0) is 113 Å². The second kappa shape index (κ2) is 23.7. The average Bonchev–Trinajstić information content (AvgIpc) is 3.45. The summed E-state index contributed by atoms with van der Waals surface area (Å²) in [4.78, 5) is 85.1. The maximum absolute atomic E-state index is 13.8. The second-order valence-electron chi connectivity index (χ2n) is 18.5. The van der Waals surface area contributed by atoms with E-state index in [4.69, 9.17) is 13.9 Å². The highest BCUT2D eigenvalue weighted by atomic mass is 16.6. The Balaban J connectivity index is 0.000000319. The number of esters is 1. The Hall–Kier alpha value is -5.38. The lowest BCUT2D eigenvalue weighted by molar-refractivity contribution is -0.146. The number of hydrogen-bond acceptors (Lipinski definition) is 10. The lowest BCUT2D eigenvalue weighted by atomic mass is 9.98. The zero-order chi connectivity index (χ0) is 45.9. The van der Waals surface area contributed by atoms with Crippen LogP contribution in [0.4, 0.5) is 15.3 Å². The molecule has 5 heterocycles. The number of aryl methyl sites for hydroxylation is 2. The van der Waals surface area contributed by atoms with Crippen LogP contribution in [0.1, 0.15) is 95.8 Å². The third kappa shape index (κ3) is 13.8. The van der Waals surface area contributed by atoms with Crippen molar-refractivity contribution >= 4 is 46.7 Å². The van der Waals surface area contributed by atoms with Crippen LogP contribution in [-0.4, -0.2) is 144 Å². The summed E-state index contributed by atoms with van der Waals surface area (Å²) in [6.45, 7) is 12.0. The number of para-hydroxylation sites is 1. The van der Waals surface area contributed by atoms with Gasteiger partial charge in [0.2, 0.25) is 5.91 Å². The molecule has 0 radical (unpaired) electrons. The summed E-state index contributed by atoms with van der Waals surface area (Å²) in [6.07, 6.45) is 5.95. The summed E-state index contributed by atoms with van der Waals surface area (Å²) < 4.78 is 18.0. The van der Waals surface area contributed by atoms with Crippen LogP contribution in [0.5, 0.6) is 0 Å². The van der Waals surface area contributed by atoms with Crippen molar-refractivity contribution in [2.24, 2.45) is 18.9 Å². The van der Waals surface area contributed by atoms with E-state index in [1.165, 1.54) is 4.57 Å². The van der Waals surface area contributed by atoms with Crippen molar-refractivity contribution in [3.05, 3.63) is 63.6 Å². The number of hydrogen-bond donors (Lipinski definition) is 1. The molecule has 1 atom stereocenters. The zero-order valence-corrected chi connectivity index (χ0v) is 38.8. The number of oxazole rings is 1. The lowest BCUT2D eigenvalue weighted by Gasteiger charge is -2.38. The van der Waals surface area contributed by atoms with Gasteiger partial charge in [-0.1, -0.05) is 45.5 Å². The molecule has 1 N–H and O–H groups in total. The molecule has 0 spiro atoms. The fraction of sp³-hybridized carbons (Fsp3) is 0.633. The van der Waals surface area contributed by atoms with E-state index in [0.29, 0.717) is 75.1 Å². The van der Waals surface area contributed by atoms with Gasteiger partial charge in [0.25, 0.3) is 5.91 Å². The number of carbonyl (C=O) groups excluding carboxylic acids is 5. The summed E-state index contributed by atoms with van der Waals surface area (Å²) in [6, 6.07) is 11.4. The molecule has 0 aliphatic carbocycles. The van der Waals surface area contributed by atoms with Crippen LogP contribution in [0, 0.1) is 18.8 Å². The van der Waals surface area contributed by atoms with Crippen LogP contribution < -0.4 is 11.1 Å². The van der Waals surface area contributed by atoms with Crippen LogP contribution in [0.15, 0.2) is 45.6 Å². The highest BCUT2D eigenvalue weighted by molar-refractivity contribution is 5.91. The first-order valence-electron chi connectivity index (χ1n) is 23.2. The predicted octanol–water partition coefficient (Wildman–Crippen LogP) is 6.46. The van der Waals surface area contributed by atoms with Crippen molar-refractivity contribution in [3.63, 3.8) is 0 Å². The smallest absolute Gasteiger partial charge is 0.419 e. The predicted molar refractivity (Wildman–Crippen MR) is 251 cm³/mol. The standard InChI is InChI=1S/C33H41N5O6.C15H28N2O3.CH4/c1-21-8-13-36(14-9-21)30(39)28(20-23-18-22(2)29-27(19-23)43-32(41)35(29)3)44-33(42)37-15-11-25(12-16-37)38-17-10-24-6-4-5-7-26(24)34-31(38)40;1-13-7-10-17(11-8-13)14(18)5-6-15(19)20-12-4-9-16(2)3;/h4-7,18-19,21,25,28H,8-17,20H2,1-3H3,(H,34,40);13H,4-12H2,1-3H3;1H4/t28-;;/m1../s1. The Morgan fingerprint density at radius 1 is 0.846 bits per heavy atom. The van der Waals surface area contributed by atoms with Crippen molar-refractivity contribution < 1.29 is 37.9 Å². The number of anilines is 1. The van der Waals surface area contributed by atoms with E-state index in [1.54, 1.807) is 22.9 Å². The highest BCUT2D eigenvalue weighted by Crippen LogP contribution is 2.27. The SMILES string of the molecule is C.CC1CCN(C(=O)CCC(=O)OCCCN(C)C)CC1.Cc1cc(C[C@@H](OC(=O)N2CCC(N3CCc4ccccc4NC3=O)CC2)C(=O)N2CCC(C)CC2)cc2oc(=O)n(C)c12. The zero-order valence-electron chi connectivity index (χ0n) is 38.8. The van der Waals surface area contributed by atoms with Gasteiger partial charge in [-0.3, -0.25) is 19.0 Å². The van der Waals surface area contributed by atoms with E-state index in [0.717, 1.165) is 80.5 Å². The van der Waals surface area contributed by atoms with Gasteiger partial charge in [0.1, 0.15) is 0 Å². The second-order valence-corrected chi connectivity index (χ2v) is 18.5. The van der Waals surface area contributed by atoms with Gasteiger partial charge in [-0.15, -0.1) is 0 Å². The molecule has 16 heteroatoms. The van der Waals surface area contributed by atoms with Crippen LogP contribution in [0.25, 0.3) is 11.1 Å². The maximum atomic E-state index is 13.8. The van der Waals surface area contributed by atoms with Crippen LogP contribution in [0.3, 0.4) is 0 Å². The molecule has 1 aromatic heterocycles. The van der Waals surface area contributed by atoms with Gasteiger partial charge in [-0.2, -0.15) is 0 Å². The van der Waals surface area contributed by atoms with E-state index in [1.807, 2.05) is 61.2 Å². The molecule has 65 heavy (non-hydrogen) atoms. The number of benzene rings is 2. The van der Waals surface area contributed by atoms with Gasteiger partial charge in [-0.25, -0.2) is 14.4 Å². The minimum absolute atomic E-state index is 0. The van der Waals surface area contributed by atoms with Gasteiger partial charge in [0, 0.05) is 84.0 Å². The number of fused-ring (bicyclic) bond motifs is 2. The number of nitrogens with zero attached hydrogens (tertiary/aromatic N) is 6. The van der Waals surface area contributed by atoms with Crippen molar-refractivity contribution in [2.45, 2.75) is 111 Å². The molecule has 0 saturated carbocycles. The Bertz CT molecular complexity index is 2140. The summed E-state index contributed by atoms with van der Waals surface area (Å²) in [5, 5.41) is 3.03. The number of aromatic nitrogens is 1. The topological polar surface area (TPSA) is 167 Å². The summed E-state index contributed by atoms with van der Waals surface area (Å²) >= 11 is 0. The molecule has 4 aliphatic rings. The van der Waals surface area contributed by atoms with E-state index in [2.05, 4.69) is 24.1 Å². The number of nitrogens with one attached hydrogen (secondary N) is 1. The molecule has 358 valence electrons. The first-order chi connectivity index (χ1) is 30.7. The molecule has 3 saturated heterocycles. The maximum Gasteiger partial charge on any atom is 0.419 e. The summed E-state index contributed by atoms with van der Waals surface area (Å²) in [5.41, 5.74) is 4.72. The van der Waals surface area contributed by atoms with E-state index >= 15 is 0 Å². The largest absolute Gasteiger partial charge is 0.466 e. The van der Waals surface area contributed by atoms with Crippen molar-refractivity contribution in [1.29, 1.82) is 0 Å². The molecule has 7 rings (SSSR count). The Labute approximate surface area is 384 Å². The summed E-state index contributed by atoms with van der Waals surface area (Å²) in [7, 11) is 5.63. The van der Waals surface area contributed by atoms with Crippen LogP contribution >= 0.6 is 0 Å². The molecule has 0 bridgehead atoms. The Kier molecular flexibility index (Phi) is 18.5. The fourth-order valence-corrected chi connectivity index (χ4v) is 9.08. The molecule has 5 amide bonds. The summed E-state index contributed by atoms with van der Waals surface area (Å²) in [5.74, 6) is 0.429. The lowest BCUT2D eigenvalue weighted by Crippen LogP contribution is -2.51. The average molecular weight is 904 g/mol.